The zero-order valence-corrected chi connectivity index (χ0v) is 7.69. The molecule has 6 heteroatoms. The second kappa shape index (κ2) is 6.86. The van der Waals surface area contributed by atoms with E-state index in [-0.39, 0.29) is 25.8 Å². The summed E-state index contributed by atoms with van der Waals surface area (Å²) in [6.45, 7) is 0.246. The zero-order valence-electron chi connectivity index (χ0n) is 7.69. The van der Waals surface area contributed by atoms with Crippen LogP contribution in [0.1, 0.15) is 19.3 Å². The van der Waals surface area contributed by atoms with E-state index >= 15 is 0 Å². The molecule has 4 N–H and O–H groups in total. The third kappa shape index (κ3) is 5.97. The van der Waals surface area contributed by atoms with E-state index in [0.717, 1.165) is 0 Å². The lowest BCUT2D eigenvalue weighted by atomic mass is 10.1. The van der Waals surface area contributed by atoms with Gasteiger partial charge in [-0.2, -0.15) is 5.26 Å². The van der Waals surface area contributed by atoms with Crippen LogP contribution >= 0.6 is 0 Å². The molecule has 1 atom stereocenters. The third-order valence-electron chi connectivity index (χ3n) is 1.54. The first-order valence-electron chi connectivity index (χ1n) is 4.20. The Morgan fingerprint density at radius 1 is 1.57 bits per heavy atom. The van der Waals surface area contributed by atoms with Crippen LogP contribution < -0.4 is 11.1 Å². The van der Waals surface area contributed by atoms with Crippen molar-refractivity contribution < 1.29 is 14.7 Å². The van der Waals surface area contributed by atoms with Gasteiger partial charge in [0.15, 0.2) is 0 Å². The minimum Gasteiger partial charge on any atom is -0.481 e. The predicted molar refractivity (Wildman–Crippen MR) is 48.1 cm³/mol. The van der Waals surface area contributed by atoms with Crippen molar-refractivity contribution in [2.24, 2.45) is 5.73 Å². The van der Waals surface area contributed by atoms with E-state index in [1.807, 2.05) is 6.07 Å². The van der Waals surface area contributed by atoms with Crippen LogP contribution in [0.2, 0.25) is 0 Å². The highest BCUT2D eigenvalue weighted by molar-refractivity contribution is 5.82. The molecule has 0 aromatic carbocycles. The van der Waals surface area contributed by atoms with Crippen molar-refractivity contribution in [3.8, 4) is 6.07 Å². The Bertz CT molecular complexity index is 247. The Labute approximate surface area is 81.7 Å². The molecular weight excluding hydrogens is 186 g/mol. The summed E-state index contributed by atoms with van der Waals surface area (Å²) < 4.78 is 0. The topological polar surface area (TPSA) is 116 Å². The van der Waals surface area contributed by atoms with Gasteiger partial charge in [0.25, 0.3) is 0 Å². The van der Waals surface area contributed by atoms with Crippen molar-refractivity contribution in [1.29, 1.82) is 5.26 Å². The van der Waals surface area contributed by atoms with Crippen LogP contribution in [0.5, 0.6) is 0 Å². The van der Waals surface area contributed by atoms with Gasteiger partial charge in [-0.25, -0.2) is 0 Å². The quantitative estimate of drug-likeness (QED) is 0.484. The molecule has 0 saturated heterocycles. The second-order valence-corrected chi connectivity index (χ2v) is 2.74. The zero-order chi connectivity index (χ0) is 11.0. The van der Waals surface area contributed by atoms with Crippen molar-refractivity contribution in [3.05, 3.63) is 0 Å². The molecule has 0 aliphatic carbocycles. The minimum absolute atomic E-state index is 0.105. The van der Waals surface area contributed by atoms with E-state index in [4.69, 9.17) is 16.1 Å². The fourth-order valence-corrected chi connectivity index (χ4v) is 0.783. The summed E-state index contributed by atoms with van der Waals surface area (Å²) in [6.07, 6.45) is 0.192. The summed E-state index contributed by atoms with van der Waals surface area (Å²) in [6, 6.07) is 1.05. The molecular formula is C8H13N3O3. The molecule has 0 aromatic rings. The van der Waals surface area contributed by atoms with Crippen molar-refractivity contribution in [1.82, 2.24) is 5.32 Å². The summed E-state index contributed by atoms with van der Waals surface area (Å²) in [5.41, 5.74) is 5.39. The van der Waals surface area contributed by atoms with E-state index in [1.54, 1.807) is 0 Å². The fraction of sp³-hybridized carbons (Fsp3) is 0.625. The summed E-state index contributed by atoms with van der Waals surface area (Å²) in [7, 11) is 0. The Morgan fingerprint density at radius 3 is 2.71 bits per heavy atom. The van der Waals surface area contributed by atoms with Crippen LogP contribution in [0.25, 0.3) is 0 Å². The van der Waals surface area contributed by atoms with E-state index < -0.39 is 17.9 Å². The molecule has 14 heavy (non-hydrogen) atoms. The van der Waals surface area contributed by atoms with Crippen molar-refractivity contribution in [3.63, 3.8) is 0 Å². The van der Waals surface area contributed by atoms with Crippen LogP contribution in [0, 0.1) is 11.3 Å². The fourth-order valence-electron chi connectivity index (χ4n) is 0.783. The Kier molecular flexibility index (Phi) is 6.07. The van der Waals surface area contributed by atoms with E-state index in [0.29, 0.717) is 0 Å². The molecule has 0 aromatic heterocycles. The Balaban J connectivity index is 3.66. The third-order valence-corrected chi connectivity index (χ3v) is 1.54. The first-order valence-corrected chi connectivity index (χ1v) is 4.20. The highest BCUT2D eigenvalue weighted by Crippen LogP contribution is 1.94. The van der Waals surface area contributed by atoms with Gasteiger partial charge in [-0.3, -0.25) is 9.59 Å². The maximum atomic E-state index is 11.1. The van der Waals surface area contributed by atoms with Crippen LogP contribution in [0.15, 0.2) is 0 Å². The van der Waals surface area contributed by atoms with E-state index in [9.17, 15) is 9.59 Å². The number of nitrogens with one attached hydrogen (secondary N) is 1. The predicted octanol–water partition coefficient (Wildman–Crippen LogP) is -0.792. The van der Waals surface area contributed by atoms with Gasteiger partial charge in [0.1, 0.15) is 0 Å². The highest BCUT2D eigenvalue weighted by atomic mass is 16.4. The largest absolute Gasteiger partial charge is 0.481 e. The lowest BCUT2D eigenvalue weighted by Crippen LogP contribution is -2.41. The molecule has 0 saturated carbocycles. The SMILES string of the molecule is N#CCCNC(=O)[C@@H](N)CCC(=O)O. The number of nitrogens with two attached hydrogens (primary N) is 1. The minimum atomic E-state index is -0.981. The molecule has 0 aliphatic heterocycles. The molecule has 0 bridgehead atoms. The number of rotatable bonds is 6. The average molecular weight is 199 g/mol. The maximum Gasteiger partial charge on any atom is 0.303 e. The first kappa shape index (κ1) is 12.4. The van der Waals surface area contributed by atoms with E-state index in [1.165, 1.54) is 0 Å². The van der Waals surface area contributed by atoms with Crippen molar-refractivity contribution >= 4 is 11.9 Å². The normalized spacial score (nSPS) is 11.4. The van der Waals surface area contributed by atoms with Crippen LogP contribution in [-0.4, -0.2) is 29.6 Å². The number of nitrogens with zero attached hydrogens (tertiary/aromatic N) is 1. The average Bonchev–Trinajstić information content (AvgIpc) is 2.14. The van der Waals surface area contributed by atoms with Crippen LogP contribution in [0.4, 0.5) is 0 Å². The molecule has 0 radical (unpaired) electrons. The molecule has 0 fully saturated rings. The van der Waals surface area contributed by atoms with Gasteiger partial charge in [-0.1, -0.05) is 0 Å². The first-order chi connectivity index (χ1) is 6.57. The van der Waals surface area contributed by atoms with Crippen molar-refractivity contribution in [2.75, 3.05) is 6.54 Å². The number of carboxylic acids is 1. The van der Waals surface area contributed by atoms with Gasteiger partial charge in [0.05, 0.1) is 18.5 Å². The number of carbonyl (C=O) groups is 2. The van der Waals surface area contributed by atoms with Crippen LogP contribution in [0.3, 0.4) is 0 Å². The molecule has 78 valence electrons. The molecule has 0 heterocycles. The Hall–Kier alpha value is -1.61. The van der Waals surface area contributed by atoms with E-state index in [2.05, 4.69) is 5.32 Å². The molecule has 0 rings (SSSR count). The molecule has 0 spiro atoms. The second-order valence-electron chi connectivity index (χ2n) is 2.74. The number of amides is 1. The molecule has 0 unspecified atom stereocenters. The van der Waals surface area contributed by atoms with Crippen molar-refractivity contribution in [2.45, 2.75) is 25.3 Å². The maximum absolute atomic E-state index is 11.1. The monoisotopic (exact) mass is 199 g/mol. The number of hydrogen-bond acceptors (Lipinski definition) is 4. The van der Waals surface area contributed by atoms with Gasteiger partial charge in [-0.15, -0.1) is 0 Å². The number of carbonyl (C=O) groups excluding carboxylic acids is 1. The lowest BCUT2D eigenvalue weighted by Gasteiger charge is -2.09. The molecule has 0 aliphatic rings. The lowest BCUT2D eigenvalue weighted by molar-refractivity contribution is -0.137. The van der Waals surface area contributed by atoms with Gasteiger partial charge in [0, 0.05) is 13.0 Å². The number of hydrogen-bond donors (Lipinski definition) is 3. The van der Waals surface area contributed by atoms with Gasteiger partial charge in [-0.05, 0) is 6.42 Å². The number of carboxylic acid groups (broad SMARTS) is 1. The van der Waals surface area contributed by atoms with Gasteiger partial charge < -0.3 is 16.2 Å². The summed E-state index contributed by atoms with van der Waals surface area (Å²) in [4.78, 5) is 21.2. The van der Waals surface area contributed by atoms with Gasteiger partial charge in [0.2, 0.25) is 5.91 Å². The summed E-state index contributed by atoms with van der Waals surface area (Å²) in [5, 5.41) is 18.9. The smallest absolute Gasteiger partial charge is 0.303 e. The summed E-state index contributed by atoms with van der Waals surface area (Å²) >= 11 is 0. The summed E-state index contributed by atoms with van der Waals surface area (Å²) in [5.74, 6) is -1.40. The number of nitriles is 1. The molecule has 6 nitrogen and oxygen atoms in total. The highest BCUT2D eigenvalue weighted by Gasteiger charge is 2.13. The van der Waals surface area contributed by atoms with Gasteiger partial charge >= 0.3 is 5.97 Å². The number of aliphatic carboxylic acids is 1. The standard InChI is InChI=1S/C8H13N3O3/c9-4-1-5-11-8(14)6(10)2-3-7(12)13/h6H,1-3,5,10H2,(H,11,14)(H,12,13)/t6-/m0/s1. The Morgan fingerprint density at radius 2 is 2.21 bits per heavy atom. The molecule has 1 amide bonds. The van der Waals surface area contributed by atoms with Crippen LogP contribution in [-0.2, 0) is 9.59 Å².